The van der Waals surface area contributed by atoms with Gasteiger partial charge in [-0.25, -0.2) is 4.79 Å². The number of hydrogen-bond donors (Lipinski definition) is 2. The van der Waals surface area contributed by atoms with Crippen LogP contribution in [0.25, 0.3) is 0 Å². The van der Waals surface area contributed by atoms with Crippen LogP contribution in [0.3, 0.4) is 0 Å². The number of carbonyl (C=O) groups is 1. The highest BCUT2D eigenvalue weighted by Gasteiger charge is 2.40. The SMILES string of the molecule is O=C(NCC1CC2CCN1CC2CN1CCN(c2ccccc2)CC1)Nc1ccccc1. The molecule has 4 unspecified atom stereocenters. The van der Waals surface area contributed by atoms with Gasteiger partial charge in [0.05, 0.1) is 0 Å². The molecule has 4 aliphatic rings. The molecule has 4 heterocycles. The summed E-state index contributed by atoms with van der Waals surface area (Å²) in [7, 11) is 0. The lowest BCUT2D eigenvalue weighted by Crippen LogP contribution is -2.59. The van der Waals surface area contributed by atoms with Gasteiger partial charge in [-0.05, 0) is 55.5 Å². The molecule has 4 atom stereocenters. The van der Waals surface area contributed by atoms with Crippen LogP contribution >= 0.6 is 0 Å². The first-order valence-electron chi connectivity index (χ1n) is 12.1. The standard InChI is InChI=1S/C26H35N5O/c32-26(28-23-7-3-1-4-8-23)27-18-25-17-21-11-12-31(25)20-22(21)19-29-13-15-30(16-14-29)24-9-5-2-6-10-24/h1-10,21-22,25H,11-20H2,(H2,27,28,32). The second kappa shape index (κ2) is 9.92. The summed E-state index contributed by atoms with van der Waals surface area (Å²) in [6.07, 6.45) is 2.52. The summed E-state index contributed by atoms with van der Waals surface area (Å²) >= 11 is 0. The zero-order valence-corrected chi connectivity index (χ0v) is 18.8. The number of hydrogen-bond acceptors (Lipinski definition) is 4. The van der Waals surface area contributed by atoms with Gasteiger partial charge in [0.1, 0.15) is 0 Å². The number of benzene rings is 2. The molecule has 6 heteroatoms. The highest BCUT2D eigenvalue weighted by Crippen LogP contribution is 2.36. The van der Waals surface area contributed by atoms with Crippen LogP contribution in [0, 0.1) is 11.8 Å². The summed E-state index contributed by atoms with van der Waals surface area (Å²) < 4.78 is 0. The van der Waals surface area contributed by atoms with Gasteiger partial charge in [0.25, 0.3) is 0 Å². The second-order valence-corrected chi connectivity index (χ2v) is 9.52. The molecule has 2 N–H and O–H groups in total. The summed E-state index contributed by atoms with van der Waals surface area (Å²) in [5.41, 5.74) is 2.18. The molecule has 0 radical (unpaired) electrons. The fourth-order valence-electron chi connectivity index (χ4n) is 5.74. The smallest absolute Gasteiger partial charge is 0.319 e. The van der Waals surface area contributed by atoms with E-state index in [1.54, 1.807) is 0 Å². The number of carbonyl (C=O) groups excluding carboxylic acids is 1. The third-order valence-electron chi connectivity index (χ3n) is 7.53. The normalized spacial score (nSPS) is 27.8. The molecule has 2 aromatic carbocycles. The summed E-state index contributed by atoms with van der Waals surface area (Å²) in [4.78, 5) is 20.1. The summed E-state index contributed by atoms with van der Waals surface area (Å²) in [6.45, 7) is 8.86. The maximum Gasteiger partial charge on any atom is 0.319 e. The van der Waals surface area contributed by atoms with Gasteiger partial charge in [0.2, 0.25) is 0 Å². The summed E-state index contributed by atoms with van der Waals surface area (Å²) in [5.74, 6) is 1.55. The number of para-hydroxylation sites is 2. The van der Waals surface area contributed by atoms with E-state index in [9.17, 15) is 4.79 Å². The molecule has 32 heavy (non-hydrogen) atoms. The lowest BCUT2D eigenvalue weighted by atomic mass is 9.75. The van der Waals surface area contributed by atoms with E-state index in [1.165, 1.54) is 38.2 Å². The topological polar surface area (TPSA) is 50.9 Å². The third kappa shape index (κ3) is 5.08. The van der Waals surface area contributed by atoms with Crippen LogP contribution in [-0.4, -0.2) is 74.2 Å². The Morgan fingerprint density at radius 2 is 1.62 bits per heavy atom. The summed E-state index contributed by atoms with van der Waals surface area (Å²) in [5, 5.41) is 6.02. The van der Waals surface area contributed by atoms with Crippen molar-refractivity contribution in [1.29, 1.82) is 0 Å². The first-order chi connectivity index (χ1) is 15.7. The van der Waals surface area contributed by atoms with Gasteiger partial charge < -0.3 is 15.5 Å². The molecule has 4 fully saturated rings. The minimum absolute atomic E-state index is 0.105. The van der Waals surface area contributed by atoms with Crippen LogP contribution in [0.1, 0.15) is 12.8 Å². The van der Waals surface area contributed by atoms with Crippen molar-refractivity contribution < 1.29 is 4.79 Å². The van der Waals surface area contributed by atoms with Crippen molar-refractivity contribution >= 4 is 17.4 Å². The molecule has 2 bridgehead atoms. The number of amides is 2. The number of anilines is 2. The van der Waals surface area contributed by atoms with E-state index in [2.05, 4.69) is 55.7 Å². The molecule has 4 saturated heterocycles. The molecule has 4 aliphatic heterocycles. The van der Waals surface area contributed by atoms with Crippen LogP contribution in [0.15, 0.2) is 60.7 Å². The number of rotatable bonds is 6. The number of urea groups is 1. The fraction of sp³-hybridized carbons (Fsp3) is 0.500. The first kappa shape index (κ1) is 21.3. The molecule has 2 aromatic rings. The monoisotopic (exact) mass is 433 g/mol. The van der Waals surface area contributed by atoms with E-state index >= 15 is 0 Å². The average Bonchev–Trinajstić information content (AvgIpc) is 2.85. The molecule has 0 spiro atoms. The summed E-state index contributed by atoms with van der Waals surface area (Å²) in [6, 6.07) is 20.8. The van der Waals surface area contributed by atoms with Crippen LogP contribution in [0.4, 0.5) is 16.2 Å². The quantitative estimate of drug-likeness (QED) is 0.734. The van der Waals surface area contributed by atoms with Crippen molar-refractivity contribution in [2.75, 3.05) is 62.6 Å². The maximum absolute atomic E-state index is 12.3. The number of nitrogens with one attached hydrogen (secondary N) is 2. The van der Waals surface area contributed by atoms with E-state index in [1.807, 2.05) is 30.3 Å². The Kier molecular flexibility index (Phi) is 6.60. The van der Waals surface area contributed by atoms with E-state index in [0.717, 1.165) is 50.2 Å². The molecule has 170 valence electrons. The molecule has 0 aliphatic carbocycles. The maximum atomic E-state index is 12.3. The molecule has 2 amide bonds. The van der Waals surface area contributed by atoms with Crippen LogP contribution in [0.2, 0.25) is 0 Å². The minimum Gasteiger partial charge on any atom is -0.369 e. The van der Waals surface area contributed by atoms with Crippen LogP contribution in [0.5, 0.6) is 0 Å². The molecule has 6 nitrogen and oxygen atoms in total. The Balaban J connectivity index is 1.06. The van der Waals surface area contributed by atoms with Crippen molar-refractivity contribution in [3.8, 4) is 0 Å². The molecular formula is C26H35N5O. The van der Waals surface area contributed by atoms with Gasteiger partial charge >= 0.3 is 6.03 Å². The Morgan fingerprint density at radius 1 is 0.906 bits per heavy atom. The number of piperidine rings is 3. The Hall–Kier alpha value is -2.57. The fourth-order valence-corrected chi connectivity index (χ4v) is 5.74. The lowest BCUT2D eigenvalue weighted by Gasteiger charge is -2.51. The zero-order valence-electron chi connectivity index (χ0n) is 18.8. The van der Waals surface area contributed by atoms with Crippen molar-refractivity contribution in [2.45, 2.75) is 18.9 Å². The van der Waals surface area contributed by atoms with Crippen molar-refractivity contribution in [3.05, 3.63) is 60.7 Å². The van der Waals surface area contributed by atoms with E-state index in [-0.39, 0.29) is 6.03 Å². The second-order valence-electron chi connectivity index (χ2n) is 9.52. The zero-order chi connectivity index (χ0) is 21.8. The van der Waals surface area contributed by atoms with Crippen LogP contribution < -0.4 is 15.5 Å². The number of nitrogens with zero attached hydrogens (tertiary/aromatic N) is 3. The lowest BCUT2D eigenvalue weighted by molar-refractivity contribution is -0.0114. The highest BCUT2D eigenvalue weighted by atomic mass is 16.2. The Bertz CT molecular complexity index is 868. The van der Waals surface area contributed by atoms with Crippen LogP contribution in [-0.2, 0) is 0 Å². The molecular weight excluding hydrogens is 398 g/mol. The first-order valence-corrected chi connectivity index (χ1v) is 12.1. The van der Waals surface area contributed by atoms with Gasteiger partial charge in [-0.1, -0.05) is 36.4 Å². The third-order valence-corrected chi connectivity index (χ3v) is 7.53. The minimum atomic E-state index is -0.105. The largest absolute Gasteiger partial charge is 0.369 e. The number of fused-ring (bicyclic) bond motifs is 3. The molecule has 6 rings (SSSR count). The van der Waals surface area contributed by atoms with Gasteiger partial charge in [0, 0.05) is 63.2 Å². The Labute approximate surface area is 191 Å². The average molecular weight is 434 g/mol. The van der Waals surface area contributed by atoms with Crippen molar-refractivity contribution in [3.63, 3.8) is 0 Å². The molecule has 0 saturated carbocycles. The van der Waals surface area contributed by atoms with E-state index in [0.29, 0.717) is 6.04 Å². The van der Waals surface area contributed by atoms with Gasteiger partial charge in [-0.2, -0.15) is 0 Å². The van der Waals surface area contributed by atoms with E-state index in [4.69, 9.17) is 0 Å². The molecule has 0 aromatic heterocycles. The van der Waals surface area contributed by atoms with Gasteiger partial charge in [-0.15, -0.1) is 0 Å². The number of piperazine rings is 1. The van der Waals surface area contributed by atoms with Gasteiger partial charge in [0.15, 0.2) is 0 Å². The highest BCUT2D eigenvalue weighted by molar-refractivity contribution is 5.89. The van der Waals surface area contributed by atoms with Gasteiger partial charge in [-0.3, -0.25) is 9.80 Å². The predicted molar refractivity (Wildman–Crippen MR) is 130 cm³/mol. The van der Waals surface area contributed by atoms with E-state index < -0.39 is 0 Å². The Morgan fingerprint density at radius 3 is 2.31 bits per heavy atom. The predicted octanol–water partition coefficient (Wildman–Crippen LogP) is 3.34. The van der Waals surface area contributed by atoms with Crippen molar-refractivity contribution in [1.82, 2.24) is 15.1 Å². The van der Waals surface area contributed by atoms with Crippen molar-refractivity contribution in [2.24, 2.45) is 11.8 Å².